The van der Waals surface area contributed by atoms with E-state index >= 15 is 0 Å². The fraction of sp³-hybridized carbons (Fsp3) is 0.250. The molecule has 1 aliphatic heterocycles. The van der Waals surface area contributed by atoms with Crippen LogP contribution in [0.25, 0.3) is 6.08 Å². The van der Waals surface area contributed by atoms with E-state index < -0.39 is 10.0 Å². The number of benzene rings is 2. The first-order chi connectivity index (χ1) is 12.9. The molecule has 2 aromatic carbocycles. The van der Waals surface area contributed by atoms with Gasteiger partial charge in [-0.1, -0.05) is 34.5 Å². The van der Waals surface area contributed by atoms with E-state index in [1.54, 1.807) is 18.2 Å². The Morgan fingerprint density at radius 3 is 2.22 bits per heavy atom. The number of nitrogens with one attached hydrogen (secondary N) is 1. The van der Waals surface area contributed by atoms with Crippen LogP contribution >= 0.6 is 15.9 Å². The molecule has 0 radical (unpaired) electrons. The summed E-state index contributed by atoms with van der Waals surface area (Å²) < 4.78 is 27.8. The number of hydrogen-bond acceptors (Lipinski definition) is 3. The summed E-state index contributed by atoms with van der Waals surface area (Å²) >= 11 is 3.37. The monoisotopic (exact) mass is 448 g/mol. The molecule has 5 nitrogen and oxygen atoms in total. The molecule has 27 heavy (non-hydrogen) atoms. The molecule has 142 valence electrons. The minimum absolute atomic E-state index is 0.257. The van der Waals surface area contributed by atoms with Crippen LogP contribution in [-0.4, -0.2) is 31.7 Å². The molecule has 3 rings (SSSR count). The lowest BCUT2D eigenvalue weighted by molar-refractivity contribution is -0.111. The van der Waals surface area contributed by atoms with Gasteiger partial charge in [0.15, 0.2) is 0 Å². The topological polar surface area (TPSA) is 66.5 Å². The Balaban J connectivity index is 1.63. The summed E-state index contributed by atoms with van der Waals surface area (Å²) in [6, 6.07) is 13.9. The van der Waals surface area contributed by atoms with Crippen molar-refractivity contribution in [1.82, 2.24) is 4.31 Å². The smallest absolute Gasteiger partial charge is 0.248 e. The van der Waals surface area contributed by atoms with Crippen molar-refractivity contribution in [2.45, 2.75) is 24.2 Å². The summed E-state index contributed by atoms with van der Waals surface area (Å²) in [4.78, 5) is 12.3. The number of amides is 1. The predicted molar refractivity (Wildman–Crippen MR) is 111 cm³/mol. The molecule has 1 N–H and O–H groups in total. The fourth-order valence-corrected chi connectivity index (χ4v) is 4.68. The number of anilines is 1. The molecule has 0 atom stereocenters. The largest absolute Gasteiger partial charge is 0.323 e. The number of piperidine rings is 1. The van der Waals surface area contributed by atoms with Crippen molar-refractivity contribution in [3.05, 3.63) is 64.6 Å². The van der Waals surface area contributed by atoms with E-state index in [0.29, 0.717) is 18.8 Å². The van der Waals surface area contributed by atoms with Crippen LogP contribution in [0.3, 0.4) is 0 Å². The number of sulfonamides is 1. The summed E-state index contributed by atoms with van der Waals surface area (Å²) in [5.74, 6) is -0.274. The number of nitrogens with zero attached hydrogens (tertiary/aromatic N) is 1. The van der Waals surface area contributed by atoms with Gasteiger partial charge in [0, 0.05) is 29.3 Å². The van der Waals surface area contributed by atoms with Gasteiger partial charge in [-0.3, -0.25) is 4.79 Å². The van der Waals surface area contributed by atoms with E-state index in [4.69, 9.17) is 0 Å². The summed E-state index contributed by atoms with van der Waals surface area (Å²) in [7, 11) is -3.45. The summed E-state index contributed by atoms with van der Waals surface area (Å²) in [6.45, 7) is 1.14. The van der Waals surface area contributed by atoms with Crippen molar-refractivity contribution in [1.29, 1.82) is 0 Å². The minimum atomic E-state index is -3.45. The molecule has 0 aliphatic carbocycles. The first-order valence-electron chi connectivity index (χ1n) is 8.80. The third kappa shape index (κ3) is 5.28. The highest BCUT2D eigenvalue weighted by Gasteiger charge is 2.25. The average molecular weight is 449 g/mol. The van der Waals surface area contributed by atoms with E-state index in [1.807, 2.05) is 24.3 Å². The Morgan fingerprint density at radius 2 is 1.59 bits per heavy atom. The van der Waals surface area contributed by atoms with E-state index in [2.05, 4.69) is 21.2 Å². The van der Waals surface area contributed by atoms with Crippen LogP contribution in [0.1, 0.15) is 24.8 Å². The van der Waals surface area contributed by atoms with Crippen molar-refractivity contribution in [3.8, 4) is 0 Å². The van der Waals surface area contributed by atoms with E-state index in [9.17, 15) is 13.2 Å². The van der Waals surface area contributed by atoms with Gasteiger partial charge < -0.3 is 5.32 Å². The van der Waals surface area contributed by atoms with Gasteiger partial charge >= 0.3 is 0 Å². The fourth-order valence-electron chi connectivity index (χ4n) is 2.89. The van der Waals surface area contributed by atoms with Gasteiger partial charge in [-0.25, -0.2) is 8.42 Å². The number of halogens is 1. The van der Waals surface area contributed by atoms with Gasteiger partial charge in [-0.2, -0.15) is 4.31 Å². The second kappa shape index (κ2) is 8.82. The van der Waals surface area contributed by atoms with E-state index in [-0.39, 0.29) is 10.8 Å². The third-order valence-corrected chi connectivity index (χ3v) is 6.81. The van der Waals surface area contributed by atoms with Gasteiger partial charge in [0.2, 0.25) is 15.9 Å². The average Bonchev–Trinajstić information content (AvgIpc) is 2.69. The Hall–Kier alpha value is -1.96. The Morgan fingerprint density at radius 1 is 0.963 bits per heavy atom. The molecule has 0 bridgehead atoms. The summed E-state index contributed by atoms with van der Waals surface area (Å²) in [5, 5.41) is 2.74. The zero-order chi connectivity index (χ0) is 19.3. The molecule has 0 aromatic heterocycles. The molecule has 1 aliphatic rings. The van der Waals surface area contributed by atoms with Crippen LogP contribution < -0.4 is 5.32 Å². The highest BCUT2D eigenvalue weighted by atomic mass is 79.9. The quantitative estimate of drug-likeness (QED) is 0.694. The van der Waals surface area contributed by atoms with Gasteiger partial charge in [-0.05, 0) is 60.9 Å². The molecule has 1 heterocycles. The Bertz CT molecular complexity index is 917. The lowest BCUT2D eigenvalue weighted by Gasteiger charge is -2.25. The molecular formula is C20H21BrN2O3S. The van der Waals surface area contributed by atoms with Crippen molar-refractivity contribution >= 4 is 43.6 Å². The SMILES string of the molecule is O=C(C=Cc1ccc(Br)cc1)Nc1ccc(S(=O)(=O)N2CCCCC2)cc1. The molecule has 1 saturated heterocycles. The van der Waals surface area contributed by atoms with Crippen LogP contribution in [0.4, 0.5) is 5.69 Å². The molecular weight excluding hydrogens is 428 g/mol. The maximum atomic E-state index is 12.6. The second-order valence-electron chi connectivity index (χ2n) is 6.36. The first-order valence-corrected chi connectivity index (χ1v) is 11.0. The highest BCUT2D eigenvalue weighted by molar-refractivity contribution is 9.10. The lowest BCUT2D eigenvalue weighted by Crippen LogP contribution is -2.35. The van der Waals surface area contributed by atoms with Crippen LogP contribution in [0.15, 0.2) is 64.0 Å². The Labute approximate surface area is 168 Å². The van der Waals surface area contributed by atoms with Crippen molar-refractivity contribution in [2.75, 3.05) is 18.4 Å². The van der Waals surface area contributed by atoms with Crippen LogP contribution in [0.2, 0.25) is 0 Å². The van der Waals surface area contributed by atoms with Crippen LogP contribution in [0, 0.1) is 0 Å². The highest BCUT2D eigenvalue weighted by Crippen LogP contribution is 2.22. The number of carbonyl (C=O) groups is 1. The lowest BCUT2D eigenvalue weighted by atomic mass is 10.2. The van der Waals surface area contributed by atoms with Crippen molar-refractivity contribution in [2.24, 2.45) is 0 Å². The van der Waals surface area contributed by atoms with Crippen molar-refractivity contribution < 1.29 is 13.2 Å². The minimum Gasteiger partial charge on any atom is -0.323 e. The molecule has 0 saturated carbocycles. The second-order valence-corrected chi connectivity index (χ2v) is 9.22. The first kappa shape index (κ1) is 19.8. The number of rotatable bonds is 5. The molecule has 1 amide bonds. The van der Waals surface area contributed by atoms with Gasteiger partial charge in [-0.15, -0.1) is 0 Å². The van der Waals surface area contributed by atoms with E-state index in [1.165, 1.54) is 22.5 Å². The number of hydrogen-bond donors (Lipinski definition) is 1. The van der Waals surface area contributed by atoms with Gasteiger partial charge in [0.25, 0.3) is 0 Å². The Kier molecular flexibility index (Phi) is 6.46. The number of carbonyl (C=O) groups excluding carboxylic acids is 1. The molecule has 0 spiro atoms. The molecule has 0 unspecified atom stereocenters. The molecule has 1 fully saturated rings. The maximum Gasteiger partial charge on any atom is 0.248 e. The summed E-state index contributed by atoms with van der Waals surface area (Å²) in [6.07, 6.45) is 6.04. The zero-order valence-corrected chi connectivity index (χ0v) is 17.2. The normalized spacial score (nSPS) is 15.7. The summed E-state index contributed by atoms with van der Waals surface area (Å²) in [5.41, 5.74) is 1.47. The van der Waals surface area contributed by atoms with Crippen LogP contribution in [0.5, 0.6) is 0 Å². The predicted octanol–water partition coefficient (Wildman–Crippen LogP) is 4.28. The van der Waals surface area contributed by atoms with Gasteiger partial charge in [0.05, 0.1) is 4.90 Å². The van der Waals surface area contributed by atoms with Crippen LogP contribution in [-0.2, 0) is 14.8 Å². The van der Waals surface area contributed by atoms with Gasteiger partial charge in [0.1, 0.15) is 0 Å². The maximum absolute atomic E-state index is 12.6. The molecule has 7 heteroatoms. The molecule has 2 aromatic rings. The standard InChI is InChI=1S/C20H21BrN2O3S/c21-17-7-4-16(5-8-17)6-13-20(24)22-18-9-11-19(12-10-18)27(25,26)23-14-2-1-3-15-23/h4-13H,1-3,14-15H2,(H,22,24). The third-order valence-electron chi connectivity index (χ3n) is 4.37. The zero-order valence-electron chi connectivity index (χ0n) is 14.8. The van der Waals surface area contributed by atoms with E-state index in [0.717, 1.165) is 29.3 Å². The van der Waals surface area contributed by atoms with Crippen molar-refractivity contribution in [3.63, 3.8) is 0 Å².